The molecule has 0 amide bonds. The molecule has 0 atom stereocenters. The summed E-state index contributed by atoms with van der Waals surface area (Å²) < 4.78 is 16.7. The molecule has 0 unspecified atom stereocenters. The molecule has 0 spiro atoms. The fourth-order valence-electron chi connectivity index (χ4n) is 3.94. The third-order valence-corrected chi connectivity index (χ3v) is 5.59. The fraction of sp³-hybridized carbons (Fsp3) is 0.440. The Morgan fingerprint density at radius 1 is 0.633 bits per heavy atom. The summed E-state index contributed by atoms with van der Waals surface area (Å²) in [7, 11) is 4.54. The molecule has 0 saturated carbocycles. The molecule has 5 heteroatoms. The minimum Gasteiger partial charge on any atom is -0.493 e. The molecule has 1 aliphatic carbocycles. The second-order valence-electron chi connectivity index (χ2n) is 9.67. The number of carbonyl (C=O) groups excluding carboxylic acids is 2. The van der Waals surface area contributed by atoms with Gasteiger partial charge in [-0.1, -0.05) is 47.6 Å². The first-order chi connectivity index (χ1) is 13.9. The van der Waals surface area contributed by atoms with Crippen LogP contribution in [0.4, 0.5) is 0 Å². The van der Waals surface area contributed by atoms with Gasteiger partial charge in [0.1, 0.15) is 0 Å². The minimum atomic E-state index is -0.567. The zero-order valence-corrected chi connectivity index (χ0v) is 19.3. The number of ketones is 2. The number of rotatable bonds is 3. The van der Waals surface area contributed by atoms with Gasteiger partial charge in [-0.25, -0.2) is 0 Å². The fourth-order valence-corrected chi connectivity index (χ4v) is 3.94. The van der Waals surface area contributed by atoms with Gasteiger partial charge < -0.3 is 14.2 Å². The average molecular weight is 411 g/mol. The van der Waals surface area contributed by atoms with Gasteiger partial charge in [0, 0.05) is 22.3 Å². The lowest BCUT2D eigenvalue weighted by atomic mass is 9.71. The Balaban J connectivity index is 2.57. The number of hydrogen-bond donors (Lipinski definition) is 0. The minimum absolute atomic E-state index is 0.180. The first-order valence-electron chi connectivity index (χ1n) is 9.98. The molecule has 3 rings (SSSR count). The number of hydrogen-bond acceptors (Lipinski definition) is 5. The lowest BCUT2D eigenvalue weighted by molar-refractivity contribution is 0.0814. The molecule has 5 nitrogen and oxygen atoms in total. The van der Waals surface area contributed by atoms with E-state index in [0.29, 0.717) is 28.4 Å². The monoisotopic (exact) mass is 410 g/mol. The second-order valence-corrected chi connectivity index (χ2v) is 9.67. The summed E-state index contributed by atoms with van der Waals surface area (Å²) >= 11 is 0. The molecule has 1 aliphatic rings. The van der Waals surface area contributed by atoms with E-state index in [0.717, 1.165) is 16.7 Å². The van der Waals surface area contributed by atoms with Crippen LogP contribution in [0.1, 0.15) is 73.4 Å². The van der Waals surface area contributed by atoms with Crippen LogP contribution in [0.15, 0.2) is 18.2 Å². The van der Waals surface area contributed by atoms with E-state index < -0.39 is 11.6 Å². The highest BCUT2D eigenvalue weighted by Gasteiger charge is 2.39. The van der Waals surface area contributed by atoms with Gasteiger partial charge in [-0.3, -0.25) is 9.59 Å². The Labute approximate surface area is 178 Å². The number of fused-ring (bicyclic) bond motifs is 3. The molecular formula is C25H30O5. The van der Waals surface area contributed by atoms with Gasteiger partial charge in [0.25, 0.3) is 0 Å². The van der Waals surface area contributed by atoms with Gasteiger partial charge in [0.15, 0.2) is 11.5 Å². The van der Waals surface area contributed by atoms with E-state index in [9.17, 15) is 9.59 Å². The van der Waals surface area contributed by atoms with E-state index in [-0.39, 0.29) is 16.4 Å². The summed E-state index contributed by atoms with van der Waals surface area (Å²) in [6, 6.07) is 5.57. The molecule has 0 fully saturated rings. The van der Waals surface area contributed by atoms with Gasteiger partial charge in [-0.2, -0.15) is 0 Å². The van der Waals surface area contributed by atoms with Crippen molar-refractivity contribution >= 4 is 11.6 Å². The second kappa shape index (κ2) is 7.15. The van der Waals surface area contributed by atoms with E-state index in [1.807, 2.05) is 6.07 Å². The average Bonchev–Trinajstić information content (AvgIpc) is 2.67. The number of ether oxygens (including phenoxy) is 3. The maximum absolute atomic E-state index is 13.2. The highest BCUT2D eigenvalue weighted by molar-refractivity contribution is 6.53. The Hall–Kier alpha value is -2.82. The summed E-state index contributed by atoms with van der Waals surface area (Å²) in [5, 5.41) is 0. The first-order valence-corrected chi connectivity index (χ1v) is 9.98. The Morgan fingerprint density at radius 3 is 1.60 bits per heavy atom. The van der Waals surface area contributed by atoms with Crippen LogP contribution in [-0.2, 0) is 10.8 Å². The smallest absolute Gasteiger partial charge is 0.234 e. The lowest BCUT2D eigenvalue weighted by Crippen LogP contribution is -2.27. The molecular weight excluding hydrogens is 380 g/mol. The number of methoxy groups -OCH3 is 3. The zero-order chi connectivity index (χ0) is 22.6. The largest absolute Gasteiger partial charge is 0.493 e. The Bertz CT molecular complexity index is 1050. The molecule has 2 aromatic carbocycles. The molecule has 0 aliphatic heterocycles. The number of Topliss-reactive ketones (excluding diaryl/α,β-unsaturated/α-hetero) is 2. The van der Waals surface area contributed by atoms with Gasteiger partial charge in [0.2, 0.25) is 17.3 Å². The van der Waals surface area contributed by atoms with Crippen molar-refractivity contribution < 1.29 is 23.8 Å². The van der Waals surface area contributed by atoms with Crippen LogP contribution in [0.3, 0.4) is 0 Å². The van der Waals surface area contributed by atoms with Crippen molar-refractivity contribution in [2.24, 2.45) is 0 Å². The summed E-state index contributed by atoms with van der Waals surface area (Å²) in [4.78, 5) is 26.4. The van der Waals surface area contributed by atoms with Crippen LogP contribution >= 0.6 is 0 Å². The van der Waals surface area contributed by atoms with E-state index in [2.05, 4.69) is 47.6 Å². The molecule has 0 aromatic heterocycles. The third kappa shape index (κ3) is 3.26. The van der Waals surface area contributed by atoms with Crippen molar-refractivity contribution in [1.82, 2.24) is 0 Å². The quantitative estimate of drug-likeness (QED) is 0.638. The Morgan fingerprint density at radius 2 is 1.17 bits per heavy atom. The van der Waals surface area contributed by atoms with Crippen molar-refractivity contribution in [2.45, 2.75) is 52.4 Å². The maximum Gasteiger partial charge on any atom is 0.234 e. The van der Waals surface area contributed by atoms with Gasteiger partial charge in [-0.15, -0.1) is 0 Å². The van der Waals surface area contributed by atoms with E-state index in [4.69, 9.17) is 14.2 Å². The van der Waals surface area contributed by atoms with Crippen molar-refractivity contribution in [3.05, 3.63) is 40.5 Å². The van der Waals surface area contributed by atoms with Gasteiger partial charge in [0.05, 0.1) is 21.3 Å². The number of benzene rings is 2. The zero-order valence-electron chi connectivity index (χ0n) is 19.3. The van der Waals surface area contributed by atoms with Gasteiger partial charge >= 0.3 is 0 Å². The van der Waals surface area contributed by atoms with Gasteiger partial charge in [-0.05, 0) is 34.1 Å². The topological polar surface area (TPSA) is 61.8 Å². The van der Waals surface area contributed by atoms with Crippen LogP contribution < -0.4 is 14.2 Å². The van der Waals surface area contributed by atoms with Crippen molar-refractivity contribution in [1.29, 1.82) is 0 Å². The first kappa shape index (κ1) is 21.9. The van der Waals surface area contributed by atoms with E-state index >= 15 is 0 Å². The maximum atomic E-state index is 13.2. The van der Waals surface area contributed by atoms with Crippen molar-refractivity contribution in [2.75, 3.05) is 21.3 Å². The van der Waals surface area contributed by atoms with Crippen LogP contribution in [-0.4, -0.2) is 32.9 Å². The van der Waals surface area contributed by atoms with E-state index in [1.165, 1.54) is 21.3 Å². The molecule has 2 aromatic rings. The van der Waals surface area contributed by atoms with Crippen LogP contribution in [0.25, 0.3) is 11.1 Å². The molecule has 0 radical (unpaired) electrons. The van der Waals surface area contributed by atoms with Crippen LogP contribution in [0.5, 0.6) is 17.2 Å². The molecule has 160 valence electrons. The third-order valence-electron chi connectivity index (χ3n) is 5.59. The molecule has 30 heavy (non-hydrogen) atoms. The van der Waals surface area contributed by atoms with Crippen molar-refractivity contribution in [3.8, 4) is 28.4 Å². The SMILES string of the molecule is COc1cc2c(c(OC)c1OC)-c1c(cc(C(C)(C)C)cc1C(C)(C)C)C(=O)C2=O. The predicted molar refractivity (Wildman–Crippen MR) is 118 cm³/mol. The molecule has 0 saturated heterocycles. The van der Waals surface area contributed by atoms with E-state index in [1.54, 1.807) is 6.07 Å². The normalized spacial score (nSPS) is 13.6. The molecule has 0 heterocycles. The lowest BCUT2D eigenvalue weighted by Gasteiger charge is -2.32. The van der Waals surface area contributed by atoms with Crippen LogP contribution in [0, 0.1) is 0 Å². The van der Waals surface area contributed by atoms with Crippen molar-refractivity contribution in [3.63, 3.8) is 0 Å². The summed E-state index contributed by atoms with van der Waals surface area (Å²) in [6.07, 6.45) is 0. The predicted octanol–water partition coefficient (Wildman–Crippen LogP) is 5.35. The Kier molecular flexibility index (Phi) is 5.21. The number of carbonyl (C=O) groups is 2. The highest BCUT2D eigenvalue weighted by Crippen LogP contribution is 2.52. The summed E-state index contributed by atoms with van der Waals surface area (Å²) in [5.41, 5.74) is 3.54. The highest BCUT2D eigenvalue weighted by atomic mass is 16.5. The summed E-state index contributed by atoms with van der Waals surface area (Å²) in [6.45, 7) is 12.6. The molecule has 0 bridgehead atoms. The van der Waals surface area contributed by atoms with Crippen LogP contribution in [0.2, 0.25) is 0 Å². The summed E-state index contributed by atoms with van der Waals surface area (Å²) in [5.74, 6) is 0.0573. The standard InChI is InChI=1S/C25H30O5/c1-24(2,3)13-10-14-18(16(11-13)25(4,5)6)19-15(21(27)20(14)26)12-17(28-7)22(29-8)23(19)30-9/h10-12H,1-9H3. The molecule has 0 N–H and O–H groups in total.